The summed E-state index contributed by atoms with van der Waals surface area (Å²) in [5.74, 6) is 0. The Bertz CT molecular complexity index is 722. The number of aromatic nitrogens is 2. The molecule has 1 N–H and O–H groups in total. The van der Waals surface area contributed by atoms with Gasteiger partial charge in [-0.15, -0.1) is 0 Å². The standard InChI is InChI=1S/C16H11N3/c17-11-16-13(14-8-4-5-9-18-14)10-15(19-16)12-6-2-1-3-7-12/h1-10,19H. The summed E-state index contributed by atoms with van der Waals surface area (Å²) in [6.07, 6.45) is 1.73. The maximum atomic E-state index is 9.23. The summed E-state index contributed by atoms with van der Waals surface area (Å²) in [6.45, 7) is 0. The number of H-pyrrole nitrogens is 1. The van der Waals surface area contributed by atoms with Crippen LogP contribution < -0.4 is 0 Å². The topological polar surface area (TPSA) is 52.5 Å². The highest BCUT2D eigenvalue weighted by Crippen LogP contribution is 2.27. The van der Waals surface area contributed by atoms with Gasteiger partial charge in [0, 0.05) is 17.5 Å². The third kappa shape index (κ3) is 2.12. The van der Waals surface area contributed by atoms with Gasteiger partial charge in [-0.25, -0.2) is 0 Å². The number of pyridine rings is 1. The number of hydrogen-bond acceptors (Lipinski definition) is 2. The van der Waals surface area contributed by atoms with Gasteiger partial charge in [-0.05, 0) is 23.8 Å². The Labute approximate surface area is 111 Å². The second-order valence-electron chi connectivity index (χ2n) is 4.16. The highest BCUT2D eigenvalue weighted by molar-refractivity contribution is 5.74. The van der Waals surface area contributed by atoms with Crippen LogP contribution in [0.3, 0.4) is 0 Å². The van der Waals surface area contributed by atoms with E-state index in [0.717, 1.165) is 22.5 Å². The molecule has 0 aliphatic carbocycles. The van der Waals surface area contributed by atoms with Crippen molar-refractivity contribution in [1.82, 2.24) is 9.97 Å². The van der Waals surface area contributed by atoms with E-state index in [-0.39, 0.29) is 0 Å². The Hall–Kier alpha value is -2.86. The molecule has 19 heavy (non-hydrogen) atoms. The molecule has 0 aliphatic heterocycles. The normalized spacial score (nSPS) is 10.1. The molecule has 0 amide bonds. The lowest BCUT2D eigenvalue weighted by Crippen LogP contribution is -1.83. The Balaban J connectivity index is 2.13. The fraction of sp³-hybridized carbons (Fsp3) is 0. The molecule has 0 spiro atoms. The molecule has 0 atom stereocenters. The van der Waals surface area contributed by atoms with Crippen LogP contribution in [0.15, 0.2) is 60.8 Å². The number of rotatable bonds is 2. The first-order valence-electron chi connectivity index (χ1n) is 5.98. The third-order valence-electron chi connectivity index (χ3n) is 2.96. The molecule has 3 heteroatoms. The zero-order valence-corrected chi connectivity index (χ0v) is 10.2. The number of nitrogens with zero attached hydrogens (tertiary/aromatic N) is 2. The van der Waals surface area contributed by atoms with Crippen molar-refractivity contribution in [2.24, 2.45) is 0 Å². The molecule has 90 valence electrons. The van der Waals surface area contributed by atoms with E-state index in [1.54, 1.807) is 6.20 Å². The lowest BCUT2D eigenvalue weighted by molar-refractivity contribution is 1.30. The summed E-state index contributed by atoms with van der Waals surface area (Å²) in [6, 6.07) is 19.8. The SMILES string of the molecule is N#Cc1[nH]c(-c2ccccc2)cc1-c1ccccn1. The van der Waals surface area contributed by atoms with Crippen molar-refractivity contribution in [2.75, 3.05) is 0 Å². The molecule has 1 aromatic carbocycles. The second-order valence-corrected chi connectivity index (χ2v) is 4.16. The minimum Gasteiger partial charge on any atom is -0.346 e. The molecule has 2 heterocycles. The molecule has 0 bridgehead atoms. The van der Waals surface area contributed by atoms with Crippen molar-refractivity contribution in [3.8, 4) is 28.6 Å². The summed E-state index contributed by atoms with van der Waals surface area (Å²) in [5.41, 5.74) is 4.16. The van der Waals surface area contributed by atoms with Gasteiger partial charge in [0.25, 0.3) is 0 Å². The number of benzene rings is 1. The molecule has 3 aromatic rings. The van der Waals surface area contributed by atoms with Crippen molar-refractivity contribution >= 4 is 0 Å². The quantitative estimate of drug-likeness (QED) is 0.749. The average Bonchev–Trinajstić information content (AvgIpc) is 2.93. The summed E-state index contributed by atoms with van der Waals surface area (Å²) in [4.78, 5) is 7.44. The van der Waals surface area contributed by atoms with Gasteiger partial charge in [-0.1, -0.05) is 36.4 Å². The van der Waals surface area contributed by atoms with Gasteiger partial charge in [0.1, 0.15) is 11.8 Å². The van der Waals surface area contributed by atoms with Crippen LogP contribution in [-0.4, -0.2) is 9.97 Å². The van der Waals surface area contributed by atoms with E-state index < -0.39 is 0 Å². The molecule has 0 fully saturated rings. The zero-order valence-electron chi connectivity index (χ0n) is 10.2. The van der Waals surface area contributed by atoms with E-state index in [9.17, 15) is 5.26 Å². The summed E-state index contributed by atoms with van der Waals surface area (Å²) in [7, 11) is 0. The highest BCUT2D eigenvalue weighted by Gasteiger charge is 2.11. The molecule has 0 unspecified atom stereocenters. The first kappa shape index (κ1) is 11.2. The Morgan fingerprint density at radius 3 is 2.47 bits per heavy atom. The van der Waals surface area contributed by atoms with Gasteiger partial charge < -0.3 is 4.98 Å². The predicted molar refractivity (Wildman–Crippen MR) is 74.2 cm³/mol. The predicted octanol–water partition coefficient (Wildman–Crippen LogP) is 3.62. The van der Waals surface area contributed by atoms with Crippen molar-refractivity contribution < 1.29 is 0 Å². The van der Waals surface area contributed by atoms with Gasteiger partial charge in [-0.2, -0.15) is 5.26 Å². The largest absolute Gasteiger partial charge is 0.346 e. The van der Waals surface area contributed by atoms with Crippen molar-refractivity contribution in [2.45, 2.75) is 0 Å². The minimum absolute atomic E-state index is 0.539. The van der Waals surface area contributed by atoms with Crippen LogP contribution >= 0.6 is 0 Å². The highest BCUT2D eigenvalue weighted by atomic mass is 14.8. The maximum Gasteiger partial charge on any atom is 0.127 e. The lowest BCUT2D eigenvalue weighted by atomic mass is 10.1. The second kappa shape index (κ2) is 4.79. The van der Waals surface area contributed by atoms with Crippen molar-refractivity contribution in [1.29, 1.82) is 5.26 Å². The zero-order chi connectivity index (χ0) is 13.1. The number of nitriles is 1. The monoisotopic (exact) mass is 245 g/mol. The van der Waals surface area contributed by atoms with Crippen LogP contribution in [0, 0.1) is 11.3 Å². The summed E-state index contributed by atoms with van der Waals surface area (Å²) in [5, 5.41) is 9.23. The summed E-state index contributed by atoms with van der Waals surface area (Å²) < 4.78 is 0. The van der Waals surface area contributed by atoms with Crippen LogP contribution in [0.5, 0.6) is 0 Å². The lowest BCUT2D eigenvalue weighted by Gasteiger charge is -1.96. The molecular weight excluding hydrogens is 234 g/mol. The number of nitrogens with one attached hydrogen (secondary N) is 1. The van der Waals surface area contributed by atoms with Gasteiger partial charge in [0.05, 0.1) is 5.69 Å². The van der Waals surface area contributed by atoms with Crippen LogP contribution in [0.4, 0.5) is 0 Å². The first-order valence-corrected chi connectivity index (χ1v) is 5.98. The van der Waals surface area contributed by atoms with Gasteiger partial charge in [0.15, 0.2) is 0 Å². The maximum absolute atomic E-state index is 9.23. The number of aromatic amines is 1. The summed E-state index contributed by atoms with van der Waals surface area (Å²) >= 11 is 0. The molecule has 0 radical (unpaired) electrons. The molecule has 0 aliphatic rings. The van der Waals surface area contributed by atoms with Gasteiger partial charge in [-0.3, -0.25) is 4.98 Å². The van der Waals surface area contributed by atoms with Crippen LogP contribution in [0.25, 0.3) is 22.5 Å². The molecular formula is C16H11N3. The Morgan fingerprint density at radius 1 is 1.00 bits per heavy atom. The Morgan fingerprint density at radius 2 is 1.79 bits per heavy atom. The van der Waals surface area contributed by atoms with E-state index in [1.165, 1.54) is 0 Å². The van der Waals surface area contributed by atoms with E-state index in [0.29, 0.717) is 5.69 Å². The minimum atomic E-state index is 0.539. The van der Waals surface area contributed by atoms with E-state index in [4.69, 9.17) is 0 Å². The third-order valence-corrected chi connectivity index (χ3v) is 2.96. The van der Waals surface area contributed by atoms with Gasteiger partial charge >= 0.3 is 0 Å². The average molecular weight is 245 g/mol. The molecule has 3 nitrogen and oxygen atoms in total. The molecule has 0 saturated heterocycles. The van der Waals surface area contributed by atoms with Crippen LogP contribution in [-0.2, 0) is 0 Å². The van der Waals surface area contributed by atoms with E-state index >= 15 is 0 Å². The van der Waals surface area contributed by atoms with E-state index in [2.05, 4.69) is 16.0 Å². The molecule has 0 saturated carbocycles. The smallest absolute Gasteiger partial charge is 0.127 e. The van der Waals surface area contributed by atoms with E-state index in [1.807, 2.05) is 54.6 Å². The Kier molecular flexibility index (Phi) is 2.83. The van der Waals surface area contributed by atoms with Crippen LogP contribution in [0.1, 0.15) is 5.69 Å². The number of hydrogen-bond donors (Lipinski definition) is 1. The molecule has 2 aromatic heterocycles. The van der Waals surface area contributed by atoms with Crippen molar-refractivity contribution in [3.05, 3.63) is 66.5 Å². The van der Waals surface area contributed by atoms with Gasteiger partial charge in [0.2, 0.25) is 0 Å². The van der Waals surface area contributed by atoms with Crippen molar-refractivity contribution in [3.63, 3.8) is 0 Å². The van der Waals surface area contributed by atoms with Crippen LogP contribution in [0.2, 0.25) is 0 Å². The fourth-order valence-corrected chi connectivity index (χ4v) is 2.04. The first-order chi connectivity index (χ1) is 9.38. The molecule has 3 rings (SSSR count). The fourth-order valence-electron chi connectivity index (χ4n) is 2.04.